The van der Waals surface area contributed by atoms with Gasteiger partial charge >= 0.3 is 0 Å². The van der Waals surface area contributed by atoms with E-state index in [2.05, 4.69) is 25.7 Å². The normalized spacial score (nSPS) is 22.0. The van der Waals surface area contributed by atoms with Crippen LogP contribution in [0.15, 0.2) is 18.2 Å². The minimum Gasteiger partial charge on any atom is -0.496 e. The van der Waals surface area contributed by atoms with Crippen molar-refractivity contribution in [2.75, 3.05) is 20.2 Å². The fourth-order valence-electron chi connectivity index (χ4n) is 3.02. The summed E-state index contributed by atoms with van der Waals surface area (Å²) in [5.41, 5.74) is 7.21. The lowest BCUT2D eigenvalue weighted by Crippen LogP contribution is -2.51. The number of rotatable bonds is 4. The Hall–Kier alpha value is -1.59. The first-order valence-corrected chi connectivity index (χ1v) is 7.22. The average Bonchev–Trinajstić information content (AvgIpc) is 2.36. The standard InChI is InChI=1S/C16H25N3O2/c1-11-8-19(10-16(2,3)21-11)9-13-7-12(15(17)18)5-6-14(13)20-4/h5-7,11H,8-10H2,1-4H3,(H3,17,18). The van der Waals surface area contributed by atoms with Gasteiger partial charge in [0.2, 0.25) is 0 Å². The summed E-state index contributed by atoms with van der Waals surface area (Å²) in [6.45, 7) is 8.83. The topological polar surface area (TPSA) is 71.6 Å². The lowest BCUT2D eigenvalue weighted by atomic mass is 10.0. The number of benzene rings is 1. The van der Waals surface area contributed by atoms with Gasteiger partial charge in [-0.15, -0.1) is 0 Å². The van der Waals surface area contributed by atoms with Crippen LogP contribution in [0.3, 0.4) is 0 Å². The van der Waals surface area contributed by atoms with Crippen molar-refractivity contribution in [1.82, 2.24) is 4.90 Å². The molecule has 5 heteroatoms. The van der Waals surface area contributed by atoms with Gasteiger partial charge in [-0.1, -0.05) is 0 Å². The summed E-state index contributed by atoms with van der Waals surface area (Å²) in [7, 11) is 1.66. The zero-order chi connectivity index (χ0) is 15.6. The molecule has 0 radical (unpaired) electrons. The minimum atomic E-state index is -0.150. The van der Waals surface area contributed by atoms with Gasteiger partial charge in [0.05, 0.1) is 18.8 Å². The molecule has 1 aliphatic heterocycles. The first-order valence-electron chi connectivity index (χ1n) is 7.22. The second-order valence-corrected chi connectivity index (χ2v) is 6.30. The minimum absolute atomic E-state index is 0.0783. The van der Waals surface area contributed by atoms with Gasteiger partial charge in [-0.25, -0.2) is 0 Å². The number of hydrogen-bond acceptors (Lipinski definition) is 4. The second-order valence-electron chi connectivity index (χ2n) is 6.30. The molecule has 0 aromatic heterocycles. The van der Waals surface area contributed by atoms with E-state index < -0.39 is 0 Å². The molecule has 1 atom stereocenters. The Balaban J connectivity index is 2.21. The molecule has 1 heterocycles. The molecule has 1 aliphatic rings. The SMILES string of the molecule is COc1ccc(C(=N)N)cc1CN1CC(C)OC(C)(C)C1. The lowest BCUT2D eigenvalue weighted by molar-refractivity contribution is -0.130. The molecule has 116 valence electrons. The number of nitrogen functional groups attached to an aromatic ring is 1. The van der Waals surface area contributed by atoms with Gasteiger partial charge in [-0.05, 0) is 39.0 Å². The Morgan fingerprint density at radius 1 is 1.52 bits per heavy atom. The van der Waals surface area contributed by atoms with Crippen molar-refractivity contribution in [2.45, 2.75) is 39.0 Å². The molecule has 1 fully saturated rings. The number of methoxy groups -OCH3 is 1. The summed E-state index contributed by atoms with van der Waals surface area (Å²) in [5, 5.41) is 7.58. The van der Waals surface area contributed by atoms with Gasteiger partial charge in [0.1, 0.15) is 11.6 Å². The number of hydrogen-bond donors (Lipinski definition) is 2. The maximum atomic E-state index is 7.58. The highest BCUT2D eigenvalue weighted by Crippen LogP contribution is 2.26. The zero-order valence-corrected chi connectivity index (χ0v) is 13.3. The molecule has 2 rings (SSSR count). The summed E-state index contributed by atoms with van der Waals surface area (Å²) in [4.78, 5) is 2.36. The summed E-state index contributed by atoms with van der Waals surface area (Å²) in [5.74, 6) is 0.909. The maximum absolute atomic E-state index is 7.58. The summed E-state index contributed by atoms with van der Waals surface area (Å²) in [6.07, 6.45) is 0.204. The van der Waals surface area contributed by atoms with E-state index in [-0.39, 0.29) is 17.5 Å². The molecule has 0 saturated carbocycles. The van der Waals surface area contributed by atoms with Crippen LogP contribution in [0.4, 0.5) is 0 Å². The molecule has 0 amide bonds. The van der Waals surface area contributed by atoms with Gasteiger partial charge in [0.25, 0.3) is 0 Å². The first-order chi connectivity index (χ1) is 9.80. The fourth-order valence-corrected chi connectivity index (χ4v) is 3.02. The Morgan fingerprint density at radius 3 is 2.81 bits per heavy atom. The maximum Gasteiger partial charge on any atom is 0.123 e. The molecular weight excluding hydrogens is 266 g/mol. The third kappa shape index (κ3) is 3.95. The number of amidine groups is 1. The second kappa shape index (κ2) is 6.03. The van der Waals surface area contributed by atoms with Crippen LogP contribution in [0.2, 0.25) is 0 Å². The summed E-state index contributed by atoms with van der Waals surface area (Å²) >= 11 is 0. The van der Waals surface area contributed by atoms with Crippen molar-refractivity contribution < 1.29 is 9.47 Å². The highest BCUT2D eigenvalue weighted by molar-refractivity contribution is 5.95. The predicted molar refractivity (Wildman–Crippen MR) is 83.9 cm³/mol. The number of nitrogens with two attached hydrogens (primary N) is 1. The quantitative estimate of drug-likeness (QED) is 0.657. The van der Waals surface area contributed by atoms with Crippen molar-refractivity contribution in [3.63, 3.8) is 0 Å². The van der Waals surface area contributed by atoms with E-state index in [4.69, 9.17) is 20.6 Å². The van der Waals surface area contributed by atoms with Crippen LogP contribution in [0.5, 0.6) is 5.75 Å². The van der Waals surface area contributed by atoms with Crippen molar-refractivity contribution in [3.8, 4) is 5.75 Å². The summed E-state index contributed by atoms with van der Waals surface area (Å²) < 4.78 is 11.4. The Morgan fingerprint density at radius 2 is 2.24 bits per heavy atom. The van der Waals surface area contributed by atoms with E-state index in [1.165, 1.54) is 0 Å². The molecular formula is C16H25N3O2. The van der Waals surface area contributed by atoms with E-state index >= 15 is 0 Å². The van der Waals surface area contributed by atoms with Gasteiger partial charge in [0, 0.05) is 30.8 Å². The van der Waals surface area contributed by atoms with Crippen molar-refractivity contribution >= 4 is 5.84 Å². The fraction of sp³-hybridized carbons (Fsp3) is 0.562. The van der Waals surface area contributed by atoms with Crippen LogP contribution < -0.4 is 10.5 Å². The van der Waals surface area contributed by atoms with Gasteiger partial charge in [0.15, 0.2) is 0 Å². The Kier molecular flexibility index (Phi) is 4.54. The molecule has 5 nitrogen and oxygen atoms in total. The van der Waals surface area contributed by atoms with Crippen LogP contribution in [-0.4, -0.2) is 42.6 Å². The molecule has 0 aliphatic carbocycles. The van der Waals surface area contributed by atoms with Crippen molar-refractivity contribution in [1.29, 1.82) is 5.41 Å². The molecule has 21 heavy (non-hydrogen) atoms. The van der Waals surface area contributed by atoms with E-state index in [0.29, 0.717) is 0 Å². The van der Waals surface area contributed by atoms with Crippen LogP contribution in [0, 0.1) is 5.41 Å². The average molecular weight is 291 g/mol. The van der Waals surface area contributed by atoms with Crippen LogP contribution in [0.1, 0.15) is 31.9 Å². The molecule has 1 saturated heterocycles. The van der Waals surface area contributed by atoms with Crippen LogP contribution >= 0.6 is 0 Å². The molecule has 0 spiro atoms. The highest BCUT2D eigenvalue weighted by atomic mass is 16.5. The number of morpholine rings is 1. The van der Waals surface area contributed by atoms with E-state index in [0.717, 1.165) is 36.5 Å². The van der Waals surface area contributed by atoms with Crippen LogP contribution in [0.25, 0.3) is 0 Å². The van der Waals surface area contributed by atoms with Crippen LogP contribution in [-0.2, 0) is 11.3 Å². The van der Waals surface area contributed by atoms with Crippen molar-refractivity contribution in [3.05, 3.63) is 29.3 Å². The smallest absolute Gasteiger partial charge is 0.123 e. The van der Waals surface area contributed by atoms with E-state index in [9.17, 15) is 0 Å². The zero-order valence-electron chi connectivity index (χ0n) is 13.3. The highest BCUT2D eigenvalue weighted by Gasteiger charge is 2.31. The van der Waals surface area contributed by atoms with Gasteiger partial charge < -0.3 is 15.2 Å². The molecule has 1 aromatic carbocycles. The monoisotopic (exact) mass is 291 g/mol. The number of ether oxygens (including phenoxy) is 2. The predicted octanol–water partition coefficient (Wildman–Crippen LogP) is 1.98. The lowest BCUT2D eigenvalue weighted by Gasteiger charge is -2.41. The van der Waals surface area contributed by atoms with Gasteiger partial charge in [-0.2, -0.15) is 0 Å². The number of nitrogens with one attached hydrogen (secondary N) is 1. The van der Waals surface area contributed by atoms with E-state index in [1.54, 1.807) is 7.11 Å². The first kappa shape index (κ1) is 15.8. The Labute approximate surface area is 126 Å². The third-order valence-corrected chi connectivity index (χ3v) is 3.63. The Bertz CT molecular complexity index is 528. The largest absolute Gasteiger partial charge is 0.496 e. The molecule has 0 bridgehead atoms. The number of nitrogens with zero attached hydrogens (tertiary/aromatic N) is 1. The van der Waals surface area contributed by atoms with Gasteiger partial charge in [-0.3, -0.25) is 10.3 Å². The van der Waals surface area contributed by atoms with Crippen molar-refractivity contribution in [2.24, 2.45) is 5.73 Å². The van der Waals surface area contributed by atoms with E-state index in [1.807, 2.05) is 18.2 Å². The third-order valence-electron chi connectivity index (χ3n) is 3.63. The molecule has 3 N–H and O–H groups in total. The molecule has 1 unspecified atom stereocenters. The summed E-state index contributed by atoms with van der Waals surface area (Å²) in [6, 6.07) is 5.63. The molecule has 1 aromatic rings.